The van der Waals surface area contributed by atoms with Crippen LogP contribution in [-0.2, 0) is 0 Å². The highest BCUT2D eigenvalue weighted by molar-refractivity contribution is 9.10. The maximum absolute atomic E-state index is 11.3. The molecule has 10 heteroatoms. The third-order valence-corrected chi connectivity index (χ3v) is 4.49. The summed E-state index contributed by atoms with van der Waals surface area (Å²) in [7, 11) is 0. The standard InChI is InChI=1S/C15H11BrClN5O3/c1-9-2-5-11(8-13(9)16)18-14-15(22(24)25)19-20(21(14)23)12-6-3-10(17)4-7-12/h2-8,23H,1H3. The van der Waals surface area contributed by atoms with E-state index in [1.165, 1.54) is 0 Å². The van der Waals surface area contributed by atoms with E-state index in [-0.39, 0.29) is 5.49 Å². The van der Waals surface area contributed by atoms with E-state index in [9.17, 15) is 15.3 Å². The van der Waals surface area contributed by atoms with E-state index in [1.807, 2.05) is 6.92 Å². The normalized spacial score (nSPS) is 11.7. The Morgan fingerprint density at radius 3 is 2.56 bits per heavy atom. The van der Waals surface area contributed by atoms with Gasteiger partial charge in [-0.2, -0.15) is 0 Å². The van der Waals surface area contributed by atoms with Gasteiger partial charge in [0.05, 0.1) is 10.8 Å². The molecule has 0 fully saturated rings. The number of nitrogens with zero attached hydrogens (tertiary/aromatic N) is 5. The summed E-state index contributed by atoms with van der Waals surface area (Å²) in [5, 5.41) is 26.0. The van der Waals surface area contributed by atoms with Crippen LogP contribution in [0.15, 0.2) is 51.9 Å². The molecule has 0 bridgehead atoms. The topological polar surface area (TPSA) is 98.5 Å². The maximum atomic E-state index is 11.3. The summed E-state index contributed by atoms with van der Waals surface area (Å²) in [6.45, 7) is 1.90. The van der Waals surface area contributed by atoms with Gasteiger partial charge >= 0.3 is 5.82 Å². The molecule has 0 unspecified atom stereocenters. The maximum Gasteiger partial charge on any atom is 0.438 e. The minimum atomic E-state index is -0.707. The fourth-order valence-corrected chi connectivity index (χ4v) is 2.58. The van der Waals surface area contributed by atoms with Crippen molar-refractivity contribution in [1.29, 1.82) is 0 Å². The minimum Gasteiger partial charge on any atom is -0.409 e. The minimum absolute atomic E-state index is 0.296. The Morgan fingerprint density at radius 1 is 1.28 bits per heavy atom. The number of hydrogen-bond acceptors (Lipinski definition) is 5. The van der Waals surface area contributed by atoms with Crippen LogP contribution in [0.1, 0.15) is 5.56 Å². The zero-order chi connectivity index (χ0) is 18.1. The number of aryl methyl sites for hydroxylation is 1. The van der Waals surface area contributed by atoms with Crippen LogP contribution >= 0.6 is 27.5 Å². The molecule has 0 aliphatic carbocycles. The lowest BCUT2D eigenvalue weighted by molar-refractivity contribution is -0.391. The molecule has 3 rings (SSSR count). The van der Waals surface area contributed by atoms with E-state index in [0.717, 1.165) is 14.8 Å². The molecule has 2 aromatic carbocycles. The lowest BCUT2D eigenvalue weighted by Gasteiger charge is -2.00. The van der Waals surface area contributed by atoms with Crippen molar-refractivity contribution < 1.29 is 10.1 Å². The average molecular weight is 425 g/mol. The summed E-state index contributed by atoms with van der Waals surface area (Å²) in [6.07, 6.45) is 0. The van der Waals surface area contributed by atoms with Crippen LogP contribution in [-0.4, -0.2) is 24.9 Å². The fourth-order valence-electron chi connectivity index (χ4n) is 2.08. The Morgan fingerprint density at radius 2 is 1.96 bits per heavy atom. The summed E-state index contributed by atoms with van der Waals surface area (Å²) in [4.78, 5) is 16.2. The summed E-state index contributed by atoms with van der Waals surface area (Å²) in [5.41, 5.74) is 1.51. The Labute approximate surface area is 154 Å². The molecule has 0 atom stereocenters. The van der Waals surface area contributed by atoms with Crippen molar-refractivity contribution in [2.24, 2.45) is 4.99 Å². The molecule has 0 amide bonds. The van der Waals surface area contributed by atoms with Gasteiger partial charge in [0.2, 0.25) is 0 Å². The molecule has 8 nitrogen and oxygen atoms in total. The van der Waals surface area contributed by atoms with Crippen molar-refractivity contribution in [2.75, 3.05) is 0 Å². The number of halogens is 2. The van der Waals surface area contributed by atoms with Gasteiger partial charge in [0.25, 0.3) is 5.49 Å². The first-order valence-electron chi connectivity index (χ1n) is 6.99. The van der Waals surface area contributed by atoms with E-state index in [1.54, 1.807) is 42.5 Å². The Balaban J connectivity index is 2.21. The van der Waals surface area contributed by atoms with E-state index >= 15 is 0 Å². The van der Waals surface area contributed by atoms with Crippen molar-refractivity contribution in [2.45, 2.75) is 6.92 Å². The lowest BCUT2D eigenvalue weighted by Crippen LogP contribution is -2.22. The molecular weight excluding hydrogens is 414 g/mol. The Kier molecular flexibility index (Phi) is 4.60. The first-order valence-corrected chi connectivity index (χ1v) is 8.17. The number of nitro groups is 1. The van der Waals surface area contributed by atoms with Crippen LogP contribution in [0.2, 0.25) is 5.02 Å². The SMILES string of the molecule is Cc1ccc(N=c2c([N+](=O)[O-])nn(-c3ccc(Cl)cc3)n2O)cc1Br. The number of benzene rings is 2. The molecule has 0 spiro atoms. The third-order valence-electron chi connectivity index (χ3n) is 3.38. The van der Waals surface area contributed by atoms with E-state index in [4.69, 9.17) is 11.6 Å². The van der Waals surface area contributed by atoms with Crippen molar-refractivity contribution >= 4 is 39.0 Å². The average Bonchev–Trinajstić information content (AvgIpc) is 2.89. The Bertz CT molecular complexity index is 1030. The zero-order valence-corrected chi connectivity index (χ0v) is 15.1. The first kappa shape index (κ1) is 17.2. The molecular formula is C15H11BrClN5O3. The van der Waals surface area contributed by atoms with Gasteiger partial charge in [0.1, 0.15) is 5.69 Å². The van der Waals surface area contributed by atoms with Crippen LogP contribution in [0.25, 0.3) is 5.69 Å². The van der Waals surface area contributed by atoms with Gasteiger partial charge in [-0.05, 0) is 58.6 Å². The van der Waals surface area contributed by atoms with Crippen molar-refractivity contribution in [3.63, 3.8) is 0 Å². The summed E-state index contributed by atoms with van der Waals surface area (Å²) < 4.78 is 0.797. The molecule has 0 aliphatic heterocycles. The molecule has 128 valence electrons. The zero-order valence-electron chi connectivity index (χ0n) is 12.8. The second-order valence-corrected chi connectivity index (χ2v) is 6.40. The molecule has 1 heterocycles. The molecule has 1 N–H and O–H groups in total. The van der Waals surface area contributed by atoms with Gasteiger partial charge in [-0.3, -0.25) is 0 Å². The van der Waals surface area contributed by atoms with Gasteiger partial charge in [-0.15, -0.1) is 0 Å². The van der Waals surface area contributed by atoms with Crippen molar-refractivity contribution in [1.82, 2.24) is 14.7 Å². The second kappa shape index (κ2) is 6.69. The molecule has 1 aromatic heterocycles. The van der Waals surface area contributed by atoms with Crippen molar-refractivity contribution in [3.8, 4) is 5.69 Å². The molecule has 0 saturated heterocycles. The van der Waals surface area contributed by atoms with Gasteiger partial charge < -0.3 is 15.3 Å². The number of aromatic nitrogens is 3. The van der Waals surface area contributed by atoms with Gasteiger partial charge in [0.15, 0.2) is 0 Å². The van der Waals surface area contributed by atoms with Crippen molar-refractivity contribution in [3.05, 3.63) is 73.1 Å². The lowest BCUT2D eigenvalue weighted by atomic mass is 10.2. The van der Waals surface area contributed by atoms with E-state index in [2.05, 4.69) is 26.0 Å². The van der Waals surface area contributed by atoms with Crippen LogP contribution in [0.4, 0.5) is 11.5 Å². The summed E-state index contributed by atoms with van der Waals surface area (Å²) in [6, 6.07) is 11.5. The Hall–Kier alpha value is -2.65. The third kappa shape index (κ3) is 3.42. The molecule has 0 saturated carbocycles. The largest absolute Gasteiger partial charge is 0.438 e. The quantitative estimate of drug-likeness (QED) is 0.393. The predicted octanol–water partition coefficient (Wildman–Crippen LogP) is 3.78. The number of hydrogen-bond donors (Lipinski definition) is 1. The monoisotopic (exact) mass is 423 g/mol. The summed E-state index contributed by atoms with van der Waals surface area (Å²) in [5.74, 6) is -0.575. The summed E-state index contributed by atoms with van der Waals surface area (Å²) >= 11 is 9.21. The molecule has 3 aromatic rings. The smallest absolute Gasteiger partial charge is 0.409 e. The van der Waals surface area contributed by atoms with Crippen LogP contribution in [0.3, 0.4) is 0 Å². The highest BCUT2D eigenvalue weighted by Crippen LogP contribution is 2.22. The van der Waals surface area contributed by atoms with Crippen LogP contribution in [0, 0.1) is 17.0 Å². The first-order chi connectivity index (χ1) is 11.9. The van der Waals surface area contributed by atoms with Crippen LogP contribution in [0.5, 0.6) is 0 Å². The van der Waals surface area contributed by atoms with Gasteiger partial charge in [0, 0.05) is 9.50 Å². The molecule has 0 aliphatic rings. The van der Waals surface area contributed by atoms with Gasteiger partial charge in [-0.1, -0.05) is 38.4 Å². The van der Waals surface area contributed by atoms with E-state index in [0.29, 0.717) is 21.2 Å². The highest BCUT2D eigenvalue weighted by Gasteiger charge is 2.24. The van der Waals surface area contributed by atoms with Gasteiger partial charge in [-0.25, -0.2) is 4.99 Å². The molecule has 0 radical (unpaired) electrons. The number of rotatable bonds is 3. The van der Waals surface area contributed by atoms with Crippen LogP contribution < -0.4 is 5.49 Å². The fraction of sp³-hybridized carbons (Fsp3) is 0.0667. The van der Waals surface area contributed by atoms with E-state index < -0.39 is 10.7 Å². The highest BCUT2D eigenvalue weighted by atomic mass is 79.9. The molecule has 25 heavy (non-hydrogen) atoms. The predicted molar refractivity (Wildman–Crippen MR) is 94.5 cm³/mol. The second-order valence-electron chi connectivity index (χ2n) is 5.10.